The predicted molar refractivity (Wildman–Crippen MR) is 112 cm³/mol. The number of esters is 1. The van der Waals surface area contributed by atoms with Crippen molar-refractivity contribution in [2.24, 2.45) is 11.7 Å². The third kappa shape index (κ3) is 6.53. The van der Waals surface area contributed by atoms with Gasteiger partial charge in [-0.2, -0.15) is 4.37 Å². The molecule has 0 aliphatic carbocycles. The lowest BCUT2D eigenvalue weighted by molar-refractivity contribution is -0.919. The average molecular weight is 412 g/mol. The van der Waals surface area contributed by atoms with E-state index in [-0.39, 0.29) is 11.9 Å². The zero-order valence-electron chi connectivity index (χ0n) is 17.6. The highest BCUT2D eigenvalue weighted by molar-refractivity contribution is 6.99. The first-order valence-corrected chi connectivity index (χ1v) is 11.0. The Labute approximate surface area is 172 Å². The van der Waals surface area contributed by atoms with Gasteiger partial charge in [-0.1, -0.05) is 46.1 Å². The number of nitrogens with zero attached hydrogens (tertiary/aromatic N) is 3. The molecule has 1 unspecified atom stereocenters. The lowest BCUT2D eigenvalue weighted by Crippen LogP contribution is -2.51. The first kappa shape index (κ1) is 22.8. The molecule has 0 bridgehead atoms. The number of quaternary nitrogens is 1. The summed E-state index contributed by atoms with van der Waals surface area (Å²) in [6, 6.07) is -0.582. The lowest BCUT2D eigenvalue weighted by atomic mass is 10.1. The maximum Gasteiger partial charge on any atom is 0.327 e. The molecular weight excluding hydrogens is 376 g/mol. The SMILES string of the molecule is CCCCCCOc1nsnc1C1=CCC[N+](C)(COC(=O)[C@@H](N)C(C)C)C1. The molecule has 0 radical (unpaired) electrons. The Morgan fingerprint density at radius 2 is 2.11 bits per heavy atom. The van der Waals surface area contributed by atoms with E-state index in [9.17, 15) is 4.79 Å². The van der Waals surface area contributed by atoms with Crippen molar-refractivity contribution in [1.82, 2.24) is 8.75 Å². The van der Waals surface area contributed by atoms with Gasteiger partial charge >= 0.3 is 5.97 Å². The van der Waals surface area contributed by atoms with Crippen molar-refractivity contribution in [1.29, 1.82) is 0 Å². The van der Waals surface area contributed by atoms with Gasteiger partial charge in [-0.15, -0.1) is 4.37 Å². The molecule has 2 rings (SSSR count). The second kappa shape index (κ2) is 10.9. The molecule has 0 amide bonds. The van der Waals surface area contributed by atoms with Gasteiger partial charge in [0.15, 0.2) is 0 Å². The number of hydrogen-bond acceptors (Lipinski definition) is 7. The topological polar surface area (TPSA) is 87.3 Å². The fourth-order valence-corrected chi connectivity index (χ4v) is 3.68. The molecule has 0 saturated carbocycles. The highest BCUT2D eigenvalue weighted by atomic mass is 32.1. The van der Waals surface area contributed by atoms with E-state index in [0.717, 1.165) is 37.2 Å². The van der Waals surface area contributed by atoms with Crippen molar-refractivity contribution in [3.05, 3.63) is 11.8 Å². The Morgan fingerprint density at radius 3 is 2.82 bits per heavy atom. The molecule has 7 nitrogen and oxygen atoms in total. The summed E-state index contributed by atoms with van der Waals surface area (Å²) in [5, 5.41) is 0. The van der Waals surface area contributed by atoms with Crippen molar-refractivity contribution in [3.63, 3.8) is 0 Å². The number of carbonyl (C=O) groups excluding carboxylic acids is 1. The minimum atomic E-state index is -0.582. The van der Waals surface area contributed by atoms with Crippen LogP contribution in [0.4, 0.5) is 0 Å². The van der Waals surface area contributed by atoms with E-state index in [2.05, 4.69) is 28.8 Å². The van der Waals surface area contributed by atoms with Crippen molar-refractivity contribution in [2.75, 3.05) is 33.5 Å². The van der Waals surface area contributed by atoms with Crippen LogP contribution in [0, 0.1) is 5.92 Å². The first-order chi connectivity index (χ1) is 13.4. The van der Waals surface area contributed by atoms with Crippen LogP contribution < -0.4 is 10.5 Å². The molecule has 1 aromatic rings. The molecule has 1 aliphatic rings. The number of likely N-dealkylation sites (N-methyl/N-ethyl adjacent to an activating group) is 1. The Balaban J connectivity index is 1.93. The zero-order chi connectivity index (χ0) is 20.6. The van der Waals surface area contributed by atoms with E-state index in [1.807, 2.05) is 13.8 Å². The summed E-state index contributed by atoms with van der Waals surface area (Å²) in [5.74, 6) is 0.352. The highest BCUT2D eigenvalue weighted by Gasteiger charge is 2.32. The number of ether oxygens (including phenoxy) is 2. The largest absolute Gasteiger partial charge is 0.475 e. The lowest BCUT2D eigenvalue weighted by Gasteiger charge is -2.36. The summed E-state index contributed by atoms with van der Waals surface area (Å²) >= 11 is 1.18. The molecule has 2 heterocycles. The third-order valence-electron chi connectivity index (χ3n) is 5.12. The van der Waals surface area contributed by atoms with Crippen LogP contribution in [0.2, 0.25) is 0 Å². The standard InChI is InChI=1S/C20H35N4O3S/c1-5-6-7-8-12-26-19-18(22-28-23-19)16-10-9-11-24(4,13-16)14-27-20(25)17(21)15(2)3/h10,15,17H,5-9,11-14,21H2,1-4H3/q+1/t17-,24?/m0/s1. The van der Waals surface area contributed by atoms with Gasteiger partial charge in [0.1, 0.15) is 18.3 Å². The Bertz CT molecular complexity index is 662. The number of nitrogens with two attached hydrogens (primary N) is 1. The van der Waals surface area contributed by atoms with Crippen molar-refractivity contribution >= 4 is 23.3 Å². The Morgan fingerprint density at radius 1 is 1.32 bits per heavy atom. The maximum absolute atomic E-state index is 12.1. The van der Waals surface area contributed by atoms with Crippen molar-refractivity contribution < 1.29 is 18.8 Å². The molecule has 8 heteroatoms. The molecule has 0 saturated heterocycles. The van der Waals surface area contributed by atoms with Crippen LogP contribution in [-0.4, -0.2) is 58.7 Å². The van der Waals surface area contributed by atoms with Gasteiger partial charge in [-0.25, -0.2) is 0 Å². The summed E-state index contributed by atoms with van der Waals surface area (Å²) < 4.78 is 20.8. The van der Waals surface area contributed by atoms with E-state index in [4.69, 9.17) is 15.2 Å². The van der Waals surface area contributed by atoms with Gasteiger partial charge in [0.25, 0.3) is 5.88 Å². The summed E-state index contributed by atoms with van der Waals surface area (Å²) in [6.07, 6.45) is 7.73. The van der Waals surface area contributed by atoms with E-state index >= 15 is 0 Å². The monoisotopic (exact) mass is 411 g/mol. The van der Waals surface area contributed by atoms with Crippen LogP contribution >= 0.6 is 11.7 Å². The number of carbonyl (C=O) groups is 1. The normalized spacial score (nSPS) is 20.7. The highest BCUT2D eigenvalue weighted by Crippen LogP contribution is 2.30. The third-order valence-corrected chi connectivity index (χ3v) is 5.63. The average Bonchev–Trinajstić information content (AvgIpc) is 3.14. The minimum Gasteiger partial charge on any atom is -0.475 e. The molecule has 1 aliphatic heterocycles. The Hall–Kier alpha value is -1.51. The van der Waals surface area contributed by atoms with Gasteiger partial charge in [-0.3, -0.25) is 9.28 Å². The molecular formula is C20H35N4O3S+. The molecule has 2 atom stereocenters. The van der Waals surface area contributed by atoms with Gasteiger partial charge < -0.3 is 15.2 Å². The van der Waals surface area contributed by atoms with Crippen molar-refractivity contribution in [2.45, 2.75) is 58.9 Å². The second-order valence-corrected chi connectivity index (χ2v) is 8.74. The number of hydrogen-bond donors (Lipinski definition) is 1. The van der Waals surface area contributed by atoms with E-state index in [0.29, 0.717) is 23.7 Å². The molecule has 1 aromatic heterocycles. The number of rotatable bonds is 11. The van der Waals surface area contributed by atoms with Crippen LogP contribution in [0.1, 0.15) is 58.6 Å². The fourth-order valence-electron chi connectivity index (χ4n) is 3.14. The smallest absolute Gasteiger partial charge is 0.327 e. The Kier molecular flexibility index (Phi) is 8.85. The second-order valence-electron chi connectivity index (χ2n) is 8.21. The number of aromatic nitrogens is 2. The predicted octanol–water partition coefficient (Wildman–Crippen LogP) is 3.21. The van der Waals surface area contributed by atoms with E-state index in [1.54, 1.807) is 0 Å². The quantitative estimate of drug-likeness (QED) is 0.342. The van der Waals surface area contributed by atoms with Crippen LogP contribution in [-0.2, 0) is 9.53 Å². The molecule has 0 aromatic carbocycles. The maximum atomic E-state index is 12.1. The molecule has 0 fully saturated rings. The molecule has 0 spiro atoms. The molecule has 2 N–H and O–H groups in total. The summed E-state index contributed by atoms with van der Waals surface area (Å²) in [5.41, 5.74) is 7.83. The minimum absolute atomic E-state index is 0.0627. The summed E-state index contributed by atoms with van der Waals surface area (Å²) in [7, 11) is 2.09. The molecule has 158 valence electrons. The first-order valence-electron chi connectivity index (χ1n) is 10.3. The van der Waals surface area contributed by atoms with Crippen LogP contribution in [0.15, 0.2) is 6.08 Å². The van der Waals surface area contributed by atoms with Crippen LogP contribution in [0.3, 0.4) is 0 Å². The van der Waals surface area contributed by atoms with Gasteiger partial charge in [0, 0.05) is 12.0 Å². The van der Waals surface area contributed by atoms with E-state index in [1.165, 1.54) is 31.0 Å². The van der Waals surface area contributed by atoms with Crippen LogP contribution in [0.5, 0.6) is 5.88 Å². The molecule has 28 heavy (non-hydrogen) atoms. The summed E-state index contributed by atoms with van der Waals surface area (Å²) in [4.78, 5) is 12.1. The fraction of sp³-hybridized carbons (Fsp3) is 0.750. The van der Waals surface area contributed by atoms with Gasteiger partial charge in [-0.05, 0) is 12.3 Å². The van der Waals surface area contributed by atoms with E-state index < -0.39 is 6.04 Å². The zero-order valence-corrected chi connectivity index (χ0v) is 18.5. The number of unbranched alkanes of at least 4 members (excludes halogenated alkanes) is 3. The van der Waals surface area contributed by atoms with Gasteiger partial charge in [0.2, 0.25) is 6.73 Å². The van der Waals surface area contributed by atoms with Crippen molar-refractivity contribution in [3.8, 4) is 5.88 Å². The van der Waals surface area contributed by atoms with Gasteiger partial charge in [0.05, 0.1) is 31.9 Å². The summed E-state index contributed by atoms with van der Waals surface area (Å²) in [6.45, 7) is 8.64. The van der Waals surface area contributed by atoms with Crippen LogP contribution in [0.25, 0.3) is 5.57 Å².